The second-order valence-electron chi connectivity index (χ2n) is 9.60. The largest absolute Gasteiger partial charge is 0.453 e. The summed E-state index contributed by atoms with van der Waals surface area (Å²) >= 11 is 0. The van der Waals surface area contributed by atoms with Gasteiger partial charge in [0, 0.05) is 43.7 Å². The van der Waals surface area contributed by atoms with Crippen LogP contribution in [-0.2, 0) is 35.1 Å². The molecule has 2 aromatic rings. The minimum absolute atomic E-state index is 0.0126. The highest BCUT2D eigenvalue weighted by Crippen LogP contribution is 2.42. The van der Waals surface area contributed by atoms with Gasteiger partial charge in [0.05, 0.1) is 32.0 Å². The Morgan fingerprint density at radius 2 is 1.84 bits per heavy atom. The van der Waals surface area contributed by atoms with E-state index in [4.69, 9.17) is 18.9 Å². The molecule has 1 amide bonds. The Morgan fingerprint density at radius 1 is 1.11 bits per heavy atom. The molecule has 37 heavy (non-hydrogen) atoms. The normalized spacial score (nSPS) is 25.3. The zero-order valence-corrected chi connectivity index (χ0v) is 21.6. The van der Waals surface area contributed by atoms with Crippen molar-refractivity contribution in [2.75, 3.05) is 38.2 Å². The molecule has 200 valence electrons. The minimum atomic E-state index is -0.909. The SMILES string of the molecule is CC(=O)OC(C)C(=O)Nc1cccc(C2OC(CN3CCOCC3)C(C)C(c3ccc(CO)cc3)O2)c1. The van der Waals surface area contributed by atoms with E-state index in [9.17, 15) is 14.7 Å². The molecule has 5 unspecified atom stereocenters. The quantitative estimate of drug-likeness (QED) is 0.520. The fraction of sp³-hybridized carbons (Fsp3) is 0.500. The van der Waals surface area contributed by atoms with E-state index in [0.717, 1.165) is 36.3 Å². The van der Waals surface area contributed by atoms with Crippen molar-refractivity contribution >= 4 is 17.6 Å². The number of carbonyl (C=O) groups excluding carboxylic acids is 2. The van der Waals surface area contributed by atoms with Gasteiger partial charge in [-0.2, -0.15) is 0 Å². The third kappa shape index (κ3) is 7.15. The van der Waals surface area contributed by atoms with Gasteiger partial charge >= 0.3 is 5.97 Å². The van der Waals surface area contributed by atoms with Crippen molar-refractivity contribution in [3.05, 3.63) is 65.2 Å². The molecule has 0 aliphatic carbocycles. The lowest BCUT2D eigenvalue weighted by Gasteiger charge is -2.43. The van der Waals surface area contributed by atoms with Crippen molar-refractivity contribution in [2.24, 2.45) is 5.92 Å². The van der Waals surface area contributed by atoms with Gasteiger partial charge in [0.25, 0.3) is 5.91 Å². The van der Waals surface area contributed by atoms with Crippen molar-refractivity contribution in [3.8, 4) is 0 Å². The first-order chi connectivity index (χ1) is 17.8. The Kier molecular flexibility index (Phi) is 9.28. The number of ether oxygens (including phenoxy) is 4. The Balaban J connectivity index is 1.55. The third-order valence-electron chi connectivity index (χ3n) is 6.80. The first kappa shape index (κ1) is 27.2. The van der Waals surface area contributed by atoms with Crippen LogP contribution in [0.1, 0.15) is 49.9 Å². The molecule has 2 aliphatic rings. The number of aliphatic hydroxyl groups is 1. The van der Waals surface area contributed by atoms with Crippen molar-refractivity contribution in [2.45, 2.75) is 52.0 Å². The second kappa shape index (κ2) is 12.6. The maximum Gasteiger partial charge on any atom is 0.303 e. The van der Waals surface area contributed by atoms with Crippen molar-refractivity contribution < 1.29 is 33.6 Å². The number of benzene rings is 2. The minimum Gasteiger partial charge on any atom is -0.453 e. The molecule has 0 saturated carbocycles. The lowest BCUT2D eigenvalue weighted by atomic mass is 9.90. The van der Waals surface area contributed by atoms with E-state index in [2.05, 4.69) is 17.1 Å². The van der Waals surface area contributed by atoms with Crippen LogP contribution in [0.3, 0.4) is 0 Å². The summed E-state index contributed by atoms with van der Waals surface area (Å²) in [5, 5.41) is 12.2. The molecular formula is C28H36N2O7. The number of hydrogen-bond donors (Lipinski definition) is 2. The number of amides is 1. The zero-order chi connectivity index (χ0) is 26.4. The number of anilines is 1. The van der Waals surface area contributed by atoms with Gasteiger partial charge in [0.2, 0.25) is 0 Å². The molecule has 2 aliphatic heterocycles. The molecule has 0 radical (unpaired) electrons. The third-order valence-corrected chi connectivity index (χ3v) is 6.80. The lowest BCUT2D eigenvalue weighted by Crippen LogP contribution is -2.47. The molecule has 2 fully saturated rings. The van der Waals surface area contributed by atoms with Gasteiger partial charge < -0.3 is 29.4 Å². The standard InChI is InChI=1S/C28H36N2O7/c1-18-25(16-30-11-13-34-14-12-30)36-28(37-26(18)22-9-7-21(17-31)8-10-22)23-5-4-6-24(15-23)29-27(33)19(2)35-20(3)32/h4-10,15,18-19,25-26,28,31H,11-14,16-17H2,1-3H3,(H,29,33). The smallest absolute Gasteiger partial charge is 0.303 e. The Bertz CT molecular complexity index is 1050. The van der Waals surface area contributed by atoms with Gasteiger partial charge in [0.15, 0.2) is 12.4 Å². The number of hydrogen-bond acceptors (Lipinski definition) is 8. The number of morpholine rings is 1. The number of rotatable bonds is 8. The highest BCUT2D eigenvalue weighted by Gasteiger charge is 2.39. The van der Waals surface area contributed by atoms with Crippen molar-refractivity contribution in [3.63, 3.8) is 0 Å². The van der Waals surface area contributed by atoms with Crippen LogP contribution in [0, 0.1) is 5.92 Å². The maximum absolute atomic E-state index is 12.5. The molecule has 4 rings (SSSR count). The van der Waals surface area contributed by atoms with Crippen LogP contribution in [0.25, 0.3) is 0 Å². The van der Waals surface area contributed by atoms with Crippen molar-refractivity contribution in [1.29, 1.82) is 0 Å². The topological polar surface area (TPSA) is 107 Å². The van der Waals surface area contributed by atoms with E-state index in [1.807, 2.05) is 42.5 Å². The van der Waals surface area contributed by atoms with Gasteiger partial charge in [-0.25, -0.2) is 0 Å². The van der Waals surface area contributed by atoms with Crippen LogP contribution in [0.4, 0.5) is 5.69 Å². The van der Waals surface area contributed by atoms with E-state index < -0.39 is 24.3 Å². The number of nitrogens with zero attached hydrogens (tertiary/aromatic N) is 1. The first-order valence-corrected chi connectivity index (χ1v) is 12.7. The van der Waals surface area contributed by atoms with E-state index in [1.165, 1.54) is 13.8 Å². The van der Waals surface area contributed by atoms with Crippen LogP contribution in [0.15, 0.2) is 48.5 Å². The number of aliphatic hydroxyl groups excluding tert-OH is 1. The number of carbonyl (C=O) groups is 2. The van der Waals surface area contributed by atoms with Crippen LogP contribution in [-0.4, -0.2) is 66.9 Å². The predicted octanol–water partition coefficient (Wildman–Crippen LogP) is 3.19. The monoisotopic (exact) mass is 512 g/mol. The summed E-state index contributed by atoms with van der Waals surface area (Å²) in [4.78, 5) is 26.0. The molecule has 2 aromatic carbocycles. The molecule has 9 heteroatoms. The molecular weight excluding hydrogens is 476 g/mol. The van der Waals surface area contributed by atoms with Crippen molar-refractivity contribution in [1.82, 2.24) is 4.90 Å². The number of esters is 1. The van der Waals surface area contributed by atoms with E-state index in [-0.39, 0.29) is 24.7 Å². The van der Waals surface area contributed by atoms with Crippen LogP contribution >= 0.6 is 0 Å². The molecule has 5 atom stereocenters. The Hall–Kier alpha value is -2.82. The predicted molar refractivity (Wildman–Crippen MR) is 137 cm³/mol. The second-order valence-corrected chi connectivity index (χ2v) is 9.60. The lowest BCUT2D eigenvalue weighted by molar-refractivity contribution is -0.277. The summed E-state index contributed by atoms with van der Waals surface area (Å²) in [6.45, 7) is 8.81. The van der Waals surface area contributed by atoms with Gasteiger partial charge in [-0.1, -0.05) is 43.3 Å². The van der Waals surface area contributed by atoms with Gasteiger partial charge in [-0.3, -0.25) is 14.5 Å². The van der Waals surface area contributed by atoms with Crippen LogP contribution < -0.4 is 5.32 Å². The van der Waals surface area contributed by atoms with Gasteiger partial charge in [0.1, 0.15) is 0 Å². The molecule has 2 N–H and O–H groups in total. The molecule has 0 bridgehead atoms. The summed E-state index contributed by atoms with van der Waals surface area (Å²) in [7, 11) is 0. The highest BCUT2D eigenvalue weighted by molar-refractivity contribution is 5.95. The van der Waals surface area contributed by atoms with Crippen LogP contribution in [0.2, 0.25) is 0 Å². The summed E-state index contributed by atoms with van der Waals surface area (Å²) < 4.78 is 23.5. The van der Waals surface area contributed by atoms with E-state index in [1.54, 1.807) is 6.07 Å². The summed E-state index contributed by atoms with van der Waals surface area (Å²) in [5.41, 5.74) is 3.19. The summed E-state index contributed by atoms with van der Waals surface area (Å²) in [6.07, 6.45) is -1.87. The van der Waals surface area contributed by atoms with E-state index in [0.29, 0.717) is 18.9 Å². The zero-order valence-electron chi connectivity index (χ0n) is 21.6. The summed E-state index contributed by atoms with van der Waals surface area (Å²) in [5.74, 6) is -0.857. The summed E-state index contributed by atoms with van der Waals surface area (Å²) in [6, 6.07) is 15.1. The number of nitrogens with one attached hydrogen (secondary N) is 1. The molecule has 2 saturated heterocycles. The Morgan fingerprint density at radius 3 is 2.51 bits per heavy atom. The fourth-order valence-corrected chi connectivity index (χ4v) is 4.68. The average Bonchev–Trinajstić information content (AvgIpc) is 2.90. The first-order valence-electron chi connectivity index (χ1n) is 12.7. The molecule has 0 spiro atoms. The molecule has 9 nitrogen and oxygen atoms in total. The molecule has 0 aromatic heterocycles. The fourth-order valence-electron chi connectivity index (χ4n) is 4.68. The molecule has 2 heterocycles. The maximum atomic E-state index is 12.5. The van der Waals surface area contributed by atoms with E-state index >= 15 is 0 Å². The van der Waals surface area contributed by atoms with Gasteiger partial charge in [-0.15, -0.1) is 0 Å². The Labute approximate surface area is 217 Å². The van der Waals surface area contributed by atoms with Crippen LogP contribution in [0.5, 0.6) is 0 Å². The highest BCUT2D eigenvalue weighted by atomic mass is 16.7. The average molecular weight is 513 g/mol. The van der Waals surface area contributed by atoms with Gasteiger partial charge in [-0.05, 0) is 30.2 Å².